The van der Waals surface area contributed by atoms with Crippen LogP contribution in [0.3, 0.4) is 0 Å². The maximum absolute atomic E-state index is 13.0. The molecule has 0 aromatic heterocycles. The van der Waals surface area contributed by atoms with Crippen LogP contribution in [-0.2, 0) is 0 Å². The Morgan fingerprint density at radius 2 is 1.92 bits per heavy atom. The SMILES string of the molecule is N[C@H](c1cc(I)ccc1F)C(F)F. The molecule has 1 atom stereocenters. The van der Waals surface area contributed by atoms with Crippen LogP contribution in [0.2, 0.25) is 0 Å². The van der Waals surface area contributed by atoms with Gasteiger partial charge in [0.2, 0.25) is 0 Å². The standard InChI is InChI=1S/C8H7F3IN/c9-6-2-1-4(12)3-5(6)7(13)8(10)11/h1-3,7-8H,13H2/t7-/m1/s1. The predicted octanol–water partition coefficient (Wildman–Crippen LogP) is 2.70. The molecule has 1 aromatic carbocycles. The first-order chi connectivity index (χ1) is 6.02. The highest BCUT2D eigenvalue weighted by Crippen LogP contribution is 2.22. The van der Waals surface area contributed by atoms with E-state index in [2.05, 4.69) is 0 Å². The second-order valence-corrected chi connectivity index (χ2v) is 3.77. The Balaban J connectivity index is 3.05. The number of halogens is 4. The fraction of sp³-hybridized carbons (Fsp3) is 0.250. The summed E-state index contributed by atoms with van der Waals surface area (Å²) in [5, 5.41) is 0. The molecule has 13 heavy (non-hydrogen) atoms. The molecular formula is C8H7F3IN. The van der Waals surface area contributed by atoms with Gasteiger partial charge >= 0.3 is 0 Å². The highest BCUT2D eigenvalue weighted by Gasteiger charge is 2.20. The molecule has 0 saturated carbocycles. The minimum atomic E-state index is -2.74. The Morgan fingerprint density at radius 1 is 1.31 bits per heavy atom. The topological polar surface area (TPSA) is 26.0 Å². The summed E-state index contributed by atoms with van der Waals surface area (Å²) in [7, 11) is 0. The summed E-state index contributed by atoms with van der Waals surface area (Å²) in [5.74, 6) is -0.687. The summed E-state index contributed by atoms with van der Waals surface area (Å²) in [6.07, 6.45) is -2.74. The molecule has 0 bridgehead atoms. The quantitative estimate of drug-likeness (QED) is 0.835. The fourth-order valence-corrected chi connectivity index (χ4v) is 1.42. The van der Waals surface area contributed by atoms with E-state index < -0.39 is 18.3 Å². The maximum Gasteiger partial charge on any atom is 0.257 e. The van der Waals surface area contributed by atoms with E-state index in [1.54, 1.807) is 0 Å². The van der Waals surface area contributed by atoms with E-state index in [1.165, 1.54) is 12.1 Å². The summed E-state index contributed by atoms with van der Waals surface area (Å²) in [5.41, 5.74) is 4.98. The lowest BCUT2D eigenvalue weighted by Crippen LogP contribution is -2.20. The number of rotatable bonds is 2. The molecule has 0 aliphatic carbocycles. The van der Waals surface area contributed by atoms with Gasteiger partial charge in [-0.2, -0.15) is 0 Å². The monoisotopic (exact) mass is 301 g/mol. The van der Waals surface area contributed by atoms with E-state index >= 15 is 0 Å². The van der Waals surface area contributed by atoms with Crippen molar-refractivity contribution in [2.45, 2.75) is 12.5 Å². The van der Waals surface area contributed by atoms with Gasteiger partial charge in [-0.25, -0.2) is 13.2 Å². The van der Waals surface area contributed by atoms with Crippen molar-refractivity contribution in [2.75, 3.05) is 0 Å². The first kappa shape index (κ1) is 10.8. The molecule has 0 aliphatic heterocycles. The molecule has 0 unspecified atom stereocenters. The van der Waals surface area contributed by atoms with Crippen LogP contribution in [0.15, 0.2) is 18.2 Å². The second kappa shape index (κ2) is 4.28. The maximum atomic E-state index is 13.0. The van der Waals surface area contributed by atoms with Crippen LogP contribution in [0, 0.1) is 9.39 Å². The molecular weight excluding hydrogens is 294 g/mol. The lowest BCUT2D eigenvalue weighted by Gasteiger charge is -2.11. The third-order valence-electron chi connectivity index (χ3n) is 1.59. The van der Waals surface area contributed by atoms with Crippen molar-refractivity contribution in [1.29, 1.82) is 0 Å². The van der Waals surface area contributed by atoms with Crippen LogP contribution in [-0.4, -0.2) is 6.43 Å². The van der Waals surface area contributed by atoms with Crippen LogP contribution in [0.4, 0.5) is 13.2 Å². The van der Waals surface area contributed by atoms with Crippen LogP contribution >= 0.6 is 22.6 Å². The summed E-state index contributed by atoms with van der Waals surface area (Å²) >= 11 is 1.91. The van der Waals surface area contributed by atoms with Crippen molar-refractivity contribution in [1.82, 2.24) is 0 Å². The van der Waals surface area contributed by atoms with Crippen molar-refractivity contribution in [3.05, 3.63) is 33.1 Å². The predicted molar refractivity (Wildman–Crippen MR) is 52.0 cm³/mol. The highest BCUT2D eigenvalue weighted by molar-refractivity contribution is 14.1. The van der Waals surface area contributed by atoms with Gasteiger partial charge in [0.1, 0.15) is 5.82 Å². The molecule has 1 aromatic rings. The number of nitrogens with two attached hydrogens (primary N) is 1. The zero-order valence-electron chi connectivity index (χ0n) is 6.48. The van der Waals surface area contributed by atoms with Crippen LogP contribution in [0.25, 0.3) is 0 Å². The molecule has 0 heterocycles. The van der Waals surface area contributed by atoms with Crippen LogP contribution in [0.5, 0.6) is 0 Å². The van der Waals surface area contributed by atoms with Crippen LogP contribution < -0.4 is 5.73 Å². The van der Waals surface area contributed by atoms with Crippen LogP contribution in [0.1, 0.15) is 11.6 Å². The number of hydrogen-bond acceptors (Lipinski definition) is 1. The van der Waals surface area contributed by atoms with E-state index in [0.717, 1.165) is 6.07 Å². The van der Waals surface area contributed by atoms with E-state index in [4.69, 9.17) is 5.73 Å². The Kier molecular flexibility index (Phi) is 3.55. The lowest BCUT2D eigenvalue weighted by atomic mass is 10.1. The van der Waals surface area contributed by atoms with E-state index in [9.17, 15) is 13.2 Å². The summed E-state index contributed by atoms with van der Waals surface area (Å²) in [6, 6.07) is 2.42. The molecule has 1 nitrogen and oxygen atoms in total. The van der Waals surface area contributed by atoms with Crippen molar-refractivity contribution in [2.24, 2.45) is 5.73 Å². The summed E-state index contributed by atoms with van der Waals surface area (Å²) in [6.45, 7) is 0. The van der Waals surface area contributed by atoms with Crippen molar-refractivity contribution < 1.29 is 13.2 Å². The van der Waals surface area contributed by atoms with E-state index in [1.807, 2.05) is 22.6 Å². The van der Waals surface area contributed by atoms with Crippen molar-refractivity contribution in [3.8, 4) is 0 Å². The zero-order valence-corrected chi connectivity index (χ0v) is 8.63. The normalized spacial score (nSPS) is 13.4. The summed E-state index contributed by atoms with van der Waals surface area (Å²) < 4.78 is 37.9. The largest absolute Gasteiger partial charge is 0.319 e. The average molecular weight is 301 g/mol. The van der Waals surface area contributed by atoms with Crippen molar-refractivity contribution in [3.63, 3.8) is 0 Å². The third-order valence-corrected chi connectivity index (χ3v) is 2.26. The van der Waals surface area contributed by atoms with Gasteiger partial charge < -0.3 is 5.73 Å². The highest BCUT2D eigenvalue weighted by atomic mass is 127. The fourth-order valence-electron chi connectivity index (χ4n) is 0.906. The molecule has 2 N–H and O–H groups in total. The third kappa shape index (κ3) is 2.57. The first-order valence-corrected chi connectivity index (χ1v) is 4.59. The Labute approximate surface area is 87.3 Å². The molecule has 72 valence electrons. The Morgan fingerprint density at radius 3 is 2.46 bits per heavy atom. The molecule has 0 amide bonds. The lowest BCUT2D eigenvalue weighted by molar-refractivity contribution is 0.115. The molecule has 5 heteroatoms. The van der Waals surface area contributed by atoms with Gasteiger partial charge in [0, 0.05) is 9.13 Å². The number of alkyl halides is 2. The number of benzene rings is 1. The average Bonchev–Trinajstić information content (AvgIpc) is 2.08. The minimum Gasteiger partial charge on any atom is -0.319 e. The molecule has 0 saturated heterocycles. The zero-order chi connectivity index (χ0) is 10.0. The molecule has 1 rings (SSSR count). The molecule has 0 spiro atoms. The van der Waals surface area contributed by atoms with Gasteiger partial charge in [-0.1, -0.05) is 0 Å². The second-order valence-electron chi connectivity index (χ2n) is 2.53. The van der Waals surface area contributed by atoms with Gasteiger partial charge in [0.25, 0.3) is 6.43 Å². The molecule has 0 aliphatic rings. The van der Waals surface area contributed by atoms with Crippen molar-refractivity contribution >= 4 is 22.6 Å². The minimum absolute atomic E-state index is 0.137. The molecule has 0 radical (unpaired) electrons. The van der Waals surface area contributed by atoms with E-state index in [-0.39, 0.29) is 5.56 Å². The van der Waals surface area contributed by atoms with Gasteiger partial charge in [-0.3, -0.25) is 0 Å². The van der Waals surface area contributed by atoms with E-state index in [0.29, 0.717) is 3.57 Å². The Hall–Kier alpha value is -0.300. The molecule has 0 fully saturated rings. The first-order valence-electron chi connectivity index (χ1n) is 3.51. The van der Waals surface area contributed by atoms with Gasteiger partial charge in [-0.15, -0.1) is 0 Å². The number of hydrogen-bond donors (Lipinski definition) is 1. The Bertz CT molecular complexity index is 303. The van der Waals surface area contributed by atoms with Gasteiger partial charge in [0.15, 0.2) is 0 Å². The van der Waals surface area contributed by atoms with Gasteiger partial charge in [0.05, 0.1) is 6.04 Å². The van der Waals surface area contributed by atoms with Gasteiger partial charge in [-0.05, 0) is 40.8 Å². The smallest absolute Gasteiger partial charge is 0.257 e. The summed E-state index contributed by atoms with van der Waals surface area (Å²) in [4.78, 5) is 0.